The van der Waals surface area contributed by atoms with Crippen molar-refractivity contribution < 1.29 is 9.90 Å². The smallest absolute Gasteiger partial charge is 0.354 e. The molecule has 0 aliphatic rings. The average Bonchev–Trinajstić information content (AvgIpc) is 2.17. The number of hydrogen-bond donors (Lipinski definition) is 1. The standard InChI is InChI=1S/C9H5ClN2O2/c10-6-3-8(9(13)14)12-7-1-2-11-4-5(6)7/h1-4H,(H,13,14). The summed E-state index contributed by atoms with van der Waals surface area (Å²) in [5, 5.41) is 9.73. The van der Waals surface area contributed by atoms with E-state index in [2.05, 4.69) is 9.97 Å². The Balaban J connectivity index is 2.78. The van der Waals surface area contributed by atoms with Crippen LogP contribution in [0.5, 0.6) is 0 Å². The average molecular weight is 209 g/mol. The molecule has 0 saturated carbocycles. The molecule has 1 N–H and O–H groups in total. The number of hydrogen-bond acceptors (Lipinski definition) is 3. The summed E-state index contributed by atoms with van der Waals surface area (Å²) in [7, 11) is 0. The number of nitrogens with zero attached hydrogens (tertiary/aromatic N) is 2. The van der Waals surface area contributed by atoms with Crippen molar-refractivity contribution in [2.75, 3.05) is 0 Å². The van der Waals surface area contributed by atoms with Crippen LogP contribution in [0.3, 0.4) is 0 Å². The highest BCUT2D eigenvalue weighted by molar-refractivity contribution is 6.35. The number of halogens is 1. The van der Waals surface area contributed by atoms with E-state index in [1.807, 2.05) is 0 Å². The molecule has 2 rings (SSSR count). The van der Waals surface area contributed by atoms with E-state index in [4.69, 9.17) is 16.7 Å². The lowest BCUT2D eigenvalue weighted by molar-refractivity contribution is 0.0691. The molecule has 70 valence electrons. The number of carboxylic acid groups (broad SMARTS) is 1. The minimum atomic E-state index is -1.09. The van der Waals surface area contributed by atoms with Crippen LogP contribution in [0.15, 0.2) is 24.5 Å². The van der Waals surface area contributed by atoms with E-state index in [1.54, 1.807) is 12.3 Å². The fourth-order valence-electron chi connectivity index (χ4n) is 1.14. The lowest BCUT2D eigenvalue weighted by atomic mass is 10.2. The fraction of sp³-hybridized carbons (Fsp3) is 0. The molecule has 2 aromatic rings. The van der Waals surface area contributed by atoms with Crippen LogP contribution in [-0.2, 0) is 0 Å². The maximum atomic E-state index is 10.7. The zero-order chi connectivity index (χ0) is 10.1. The fourth-order valence-corrected chi connectivity index (χ4v) is 1.39. The van der Waals surface area contributed by atoms with Gasteiger partial charge in [-0.15, -0.1) is 0 Å². The topological polar surface area (TPSA) is 63.1 Å². The summed E-state index contributed by atoms with van der Waals surface area (Å²) in [5.74, 6) is -1.09. The second-order valence-corrected chi connectivity index (χ2v) is 3.09. The number of aromatic carboxylic acids is 1. The number of pyridine rings is 2. The van der Waals surface area contributed by atoms with Gasteiger partial charge < -0.3 is 5.11 Å². The van der Waals surface area contributed by atoms with Crippen LogP contribution in [0.4, 0.5) is 0 Å². The first-order valence-electron chi connectivity index (χ1n) is 3.82. The SMILES string of the molecule is O=C(O)c1cc(Cl)c2cnccc2n1. The minimum Gasteiger partial charge on any atom is -0.477 e. The van der Waals surface area contributed by atoms with Crippen molar-refractivity contribution >= 4 is 28.5 Å². The summed E-state index contributed by atoms with van der Waals surface area (Å²) in [4.78, 5) is 18.4. The molecule has 0 aromatic carbocycles. The summed E-state index contributed by atoms with van der Waals surface area (Å²) in [6.07, 6.45) is 3.09. The van der Waals surface area contributed by atoms with E-state index >= 15 is 0 Å². The number of carboxylic acids is 1. The molecule has 2 heterocycles. The van der Waals surface area contributed by atoms with Crippen molar-refractivity contribution in [3.63, 3.8) is 0 Å². The first kappa shape index (κ1) is 8.90. The highest BCUT2D eigenvalue weighted by Gasteiger charge is 2.08. The number of aromatic nitrogens is 2. The Morgan fingerprint density at radius 3 is 3.00 bits per heavy atom. The molecule has 5 heteroatoms. The number of fused-ring (bicyclic) bond motifs is 1. The molecule has 4 nitrogen and oxygen atoms in total. The molecule has 0 aliphatic carbocycles. The summed E-state index contributed by atoms with van der Waals surface area (Å²) >= 11 is 5.86. The number of rotatable bonds is 1. The van der Waals surface area contributed by atoms with Gasteiger partial charge in [-0.2, -0.15) is 0 Å². The van der Waals surface area contributed by atoms with Crippen molar-refractivity contribution in [1.82, 2.24) is 9.97 Å². The first-order valence-corrected chi connectivity index (χ1v) is 4.20. The van der Waals surface area contributed by atoms with Gasteiger partial charge in [-0.25, -0.2) is 9.78 Å². The maximum absolute atomic E-state index is 10.7. The Morgan fingerprint density at radius 1 is 1.50 bits per heavy atom. The molecule has 0 amide bonds. The molecular formula is C9H5ClN2O2. The second kappa shape index (κ2) is 3.23. The molecule has 0 radical (unpaired) electrons. The Hall–Kier alpha value is -1.68. The third kappa shape index (κ3) is 1.40. The summed E-state index contributed by atoms with van der Waals surface area (Å²) < 4.78 is 0. The van der Waals surface area contributed by atoms with E-state index in [-0.39, 0.29) is 5.69 Å². The maximum Gasteiger partial charge on any atom is 0.354 e. The monoisotopic (exact) mass is 208 g/mol. The normalized spacial score (nSPS) is 10.4. The van der Waals surface area contributed by atoms with Gasteiger partial charge in [-0.05, 0) is 12.1 Å². The van der Waals surface area contributed by atoms with Crippen LogP contribution in [-0.4, -0.2) is 21.0 Å². The molecule has 0 spiro atoms. The van der Waals surface area contributed by atoms with Crippen LogP contribution in [0, 0.1) is 0 Å². The van der Waals surface area contributed by atoms with Gasteiger partial charge in [0.2, 0.25) is 0 Å². The molecule has 0 atom stereocenters. The van der Waals surface area contributed by atoms with Gasteiger partial charge in [0.05, 0.1) is 10.5 Å². The summed E-state index contributed by atoms with van der Waals surface area (Å²) in [5.41, 5.74) is 0.471. The number of carbonyl (C=O) groups is 1. The lowest BCUT2D eigenvalue weighted by Gasteiger charge is -2.00. The van der Waals surface area contributed by atoms with E-state index < -0.39 is 5.97 Å². The van der Waals surface area contributed by atoms with Crippen LogP contribution < -0.4 is 0 Å². The third-order valence-corrected chi connectivity index (χ3v) is 2.09. The van der Waals surface area contributed by atoms with Gasteiger partial charge in [0.1, 0.15) is 5.69 Å². The highest BCUT2D eigenvalue weighted by Crippen LogP contribution is 2.21. The predicted molar refractivity (Wildman–Crippen MR) is 51.5 cm³/mol. The van der Waals surface area contributed by atoms with E-state index in [0.717, 1.165) is 0 Å². The van der Waals surface area contributed by atoms with E-state index in [9.17, 15) is 4.79 Å². The molecule has 14 heavy (non-hydrogen) atoms. The minimum absolute atomic E-state index is 0.0614. The molecule has 0 unspecified atom stereocenters. The molecular weight excluding hydrogens is 204 g/mol. The van der Waals surface area contributed by atoms with Gasteiger partial charge in [0.15, 0.2) is 0 Å². The Labute approximate surface area is 84.2 Å². The van der Waals surface area contributed by atoms with Crippen molar-refractivity contribution in [2.24, 2.45) is 0 Å². The highest BCUT2D eigenvalue weighted by atomic mass is 35.5. The second-order valence-electron chi connectivity index (χ2n) is 2.69. The first-order chi connectivity index (χ1) is 6.68. The Morgan fingerprint density at radius 2 is 2.29 bits per heavy atom. The third-order valence-electron chi connectivity index (χ3n) is 1.78. The van der Waals surface area contributed by atoms with Gasteiger partial charge in [-0.1, -0.05) is 11.6 Å². The lowest BCUT2D eigenvalue weighted by Crippen LogP contribution is -2.00. The summed E-state index contributed by atoms with van der Waals surface area (Å²) in [6.45, 7) is 0. The molecule has 0 bridgehead atoms. The summed E-state index contributed by atoms with van der Waals surface area (Å²) in [6, 6.07) is 2.93. The van der Waals surface area contributed by atoms with Crippen LogP contribution in [0.1, 0.15) is 10.5 Å². The Kier molecular flexibility index (Phi) is 2.05. The van der Waals surface area contributed by atoms with Crippen LogP contribution >= 0.6 is 11.6 Å². The van der Waals surface area contributed by atoms with E-state index in [0.29, 0.717) is 15.9 Å². The Bertz CT molecular complexity index is 513. The van der Waals surface area contributed by atoms with Gasteiger partial charge in [-0.3, -0.25) is 4.98 Å². The molecule has 0 fully saturated rings. The zero-order valence-corrected chi connectivity index (χ0v) is 7.69. The molecule has 0 saturated heterocycles. The van der Waals surface area contributed by atoms with E-state index in [1.165, 1.54) is 12.3 Å². The van der Waals surface area contributed by atoms with Crippen molar-refractivity contribution in [3.05, 3.63) is 35.2 Å². The largest absolute Gasteiger partial charge is 0.477 e. The van der Waals surface area contributed by atoms with Crippen LogP contribution in [0.25, 0.3) is 10.9 Å². The van der Waals surface area contributed by atoms with Crippen molar-refractivity contribution in [2.45, 2.75) is 0 Å². The predicted octanol–water partition coefficient (Wildman–Crippen LogP) is 1.98. The van der Waals surface area contributed by atoms with Crippen LogP contribution in [0.2, 0.25) is 5.02 Å². The molecule has 0 aliphatic heterocycles. The van der Waals surface area contributed by atoms with Crippen molar-refractivity contribution in [1.29, 1.82) is 0 Å². The quantitative estimate of drug-likeness (QED) is 0.779. The van der Waals surface area contributed by atoms with Gasteiger partial charge in [0, 0.05) is 17.8 Å². The van der Waals surface area contributed by atoms with Gasteiger partial charge in [0.25, 0.3) is 0 Å². The van der Waals surface area contributed by atoms with Crippen molar-refractivity contribution in [3.8, 4) is 0 Å². The zero-order valence-electron chi connectivity index (χ0n) is 6.94. The van der Waals surface area contributed by atoms with Gasteiger partial charge >= 0.3 is 5.97 Å². The molecule has 2 aromatic heterocycles.